The van der Waals surface area contributed by atoms with Crippen molar-refractivity contribution in [1.29, 1.82) is 0 Å². The summed E-state index contributed by atoms with van der Waals surface area (Å²) in [5.41, 5.74) is -0.463. The first kappa shape index (κ1) is 16.7. The minimum absolute atomic E-state index is 0.122. The van der Waals surface area contributed by atoms with E-state index in [9.17, 15) is 9.90 Å². The highest BCUT2D eigenvalue weighted by molar-refractivity contribution is 5.89. The summed E-state index contributed by atoms with van der Waals surface area (Å²) in [6.45, 7) is 9.84. The second-order valence-corrected chi connectivity index (χ2v) is 7.65. The summed E-state index contributed by atoms with van der Waals surface area (Å²) >= 11 is 0. The lowest BCUT2D eigenvalue weighted by Gasteiger charge is -2.29. The number of nitrogens with zero attached hydrogens (tertiary/aromatic N) is 3. The molecule has 1 aliphatic carbocycles. The number of carbonyl (C=O) groups excluding carboxylic acids is 1. The van der Waals surface area contributed by atoms with E-state index >= 15 is 0 Å². The van der Waals surface area contributed by atoms with Crippen molar-refractivity contribution in [2.75, 3.05) is 11.9 Å². The van der Waals surface area contributed by atoms with Crippen molar-refractivity contribution in [3.05, 3.63) is 18.2 Å². The fourth-order valence-electron chi connectivity index (χ4n) is 2.14. The van der Waals surface area contributed by atoms with Crippen molar-refractivity contribution in [3.63, 3.8) is 0 Å². The van der Waals surface area contributed by atoms with Crippen molar-refractivity contribution in [3.8, 4) is 0 Å². The van der Waals surface area contributed by atoms with Crippen LogP contribution in [0.3, 0.4) is 0 Å². The summed E-state index contributed by atoms with van der Waals surface area (Å²) in [6.07, 6.45) is 5.23. The molecular weight excluding hydrogens is 280 g/mol. The third kappa shape index (κ3) is 4.66. The Bertz CT molecular complexity index is 525. The fourth-order valence-corrected chi connectivity index (χ4v) is 2.14. The lowest BCUT2D eigenvalue weighted by molar-refractivity contribution is 0.0467. The average Bonchev–Trinajstić information content (AvgIpc) is 3.18. The van der Waals surface area contributed by atoms with Crippen LogP contribution in [0.4, 0.5) is 10.5 Å². The molecule has 0 aliphatic heterocycles. The third-order valence-corrected chi connectivity index (χ3v) is 3.38. The lowest BCUT2D eigenvalue weighted by atomic mass is 9.96. The second kappa shape index (κ2) is 5.83. The molecule has 0 aromatic carbocycles. The number of anilines is 1. The molecule has 1 aromatic heterocycles. The van der Waals surface area contributed by atoms with Gasteiger partial charge in [0.15, 0.2) is 0 Å². The van der Waals surface area contributed by atoms with Crippen LogP contribution in [0.25, 0.3) is 0 Å². The number of carbonyl (C=O) groups is 1. The molecule has 2 amide bonds. The molecule has 0 bridgehead atoms. The maximum absolute atomic E-state index is 12.4. The van der Waals surface area contributed by atoms with E-state index in [2.05, 4.69) is 15.3 Å². The van der Waals surface area contributed by atoms with E-state index < -0.39 is 5.60 Å². The van der Waals surface area contributed by atoms with Gasteiger partial charge < -0.3 is 15.3 Å². The highest BCUT2D eigenvalue weighted by Gasteiger charge is 2.35. The van der Waals surface area contributed by atoms with Gasteiger partial charge in [-0.15, -0.1) is 0 Å². The molecule has 1 aromatic rings. The van der Waals surface area contributed by atoms with Crippen molar-refractivity contribution in [2.45, 2.75) is 64.5 Å². The van der Waals surface area contributed by atoms with E-state index in [0.29, 0.717) is 12.2 Å². The van der Waals surface area contributed by atoms with E-state index in [4.69, 9.17) is 0 Å². The summed E-state index contributed by atoms with van der Waals surface area (Å²) in [4.78, 5) is 22.7. The molecule has 22 heavy (non-hydrogen) atoms. The monoisotopic (exact) mass is 306 g/mol. The molecule has 0 saturated heterocycles. The molecule has 1 aliphatic rings. The van der Waals surface area contributed by atoms with Crippen LogP contribution in [0.5, 0.6) is 0 Å². The van der Waals surface area contributed by atoms with Crippen LogP contribution in [0.2, 0.25) is 0 Å². The first-order valence-corrected chi connectivity index (χ1v) is 7.69. The standard InChI is InChI=1S/C16H26N4O2/c1-15(2,3)13-17-8-11(9-18-13)19-14(21)20(12-6-7-12)10-16(4,5)22/h8-9,12,22H,6-7,10H2,1-5H3,(H,19,21). The fraction of sp³-hybridized carbons (Fsp3) is 0.688. The summed E-state index contributed by atoms with van der Waals surface area (Å²) in [5.74, 6) is 0.737. The van der Waals surface area contributed by atoms with Gasteiger partial charge in [-0.3, -0.25) is 0 Å². The van der Waals surface area contributed by atoms with E-state index in [1.165, 1.54) is 0 Å². The number of urea groups is 1. The number of aromatic nitrogens is 2. The van der Waals surface area contributed by atoms with Gasteiger partial charge in [-0.25, -0.2) is 14.8 Å². The van der Waals surface area contributed by atoms with E-state index in [1.54, 1.807) is 31.1 Å². The van der Waals surface area contributed by atoms with Gasteiger partial charge >= 0.3 is 6.03 Å². The van der Waals surface area contributed by atoms with Gasteiger partial charge in [-0.1, -0.05) is 20.8 Å². The van der Waals surface area contributed by atoms with Crippen LogP contribution >= 0.6 is 0 Å². The Morgan fingerprint density at radius 2 is 1.82 bits per heavy atom. The number of hydrogen-bond acceptors (Lipinski definition) is 4. The summed E-state index contributed by atoms with van der Waals surface area (Å²) in [7, 11) is 0. The number of hydrogen-bond donors (Lipinski definition) is 2. The van der Waals surface area contributed by atoms with Crippen molar-refractivity contribution in [1.82, 2.24) is 14.9 Å². The van der Waals surface area contributed by atoms with Crippen LogP contribution in [0, 0.1) is 0 Å². The van der Waals surface area contributed by atoms with Gasteiger partial charge in [0.2, 0.25) is 0 Å². The maximum atomic E-state index is 12.4. The van der Waals surface area contributed by atoms with Crippen LogP contribution in [0.1, 0.15) is 53.3 Å². The zero-order valence-electron chi connectivity index (χ0n) is 14.1. The van der Waals surface area contributed by atoms with Crippen molar-refractivity contribution in [2.24, 2.45) is 0 Å². The first-order chi connectivity index (χ1) is 10.1. The molecule has 2 N–H and O–H groups in total. The highest BCUT2D eigenvalue weighted by atomic mass is 16.3. The van der Waals surface area contributed by atoms with Gasteiger partial charge in [-0.05, 0) is 26.7 Å². The third-order valence-electron chi connectivity index (χ3n) is 3.38. The Balaban J connectivity index is 2.03. The maximum Gasteiger partial charge on any atom is 0.322 e. The molecule has 122 valence electrons. The molecule has 6 heteroatoms. The zero-order valence-corrected chi connectivity index (χ0v) is 14.1. The van der Waals surface area contributed by atoms with E-state index in [0.717, 1.165) is 18.7 Å². The van der Waals surface area contributed by atoms with Gasteiger partial charge in [0.25, 0.3) is 0 Å². The molecule has 0 unspecified atom stereocenters. The Hall–Kier alpha value is -1.69. The van der Waals surface area contributed by atoms with Gasteiger partial charge in [0, 0.05) is 11.5 Å². The average molecular weight is 306 g/mol. The smallest absolute Gasteiger partial charge is 0.322 e. The molecular formula is C16H26N4O2. The van der Waals surface area contributed by atoms with Crippen LogP contribution < -0.4 is 5.32 Å². The van der Waals surface area contributed by atoms with E-state index in [1.807, 2.05) is 20.8 Å². The largest absolute Gasteiger partial charge is 0.389 e. The Labute approximate surface area is 132 Å². The summed E-state index contributed by atoms with van der Waals surface area (Å²) < 4.78 is 0. The van der Waals surface area contributed by atoms with Crippen LogP contribution in [0.15, 0.2) is 12.4 Å². The van der Waals surface area contributed by atoms with Crippen molar-refractivity contribution >= 4 is 11.7 Å². The topological polar surface area (TPSA) is 78.4 Å². The molecule has 0 atom stereocenters. The minimum atomic E-state index is -0.910. The lowest BCUT2D eigenvalue weighted by Crippen LogP contribution is -2.45. The van der Waals surface area contributed by atoms with Gasteiger partial charge in [-0.2, -0.15) is 0 Å². The number of rotatable bonds is 4. The minimum Gasteiger partial charge on any atom is -0.389 e. The second-order valence-electron chi connectivity index (χ2n) is 7.65. The number of amides is 2. The molecule has 1 saturated carbocycles. The molecule has 6 nitrogen and oxygen atoms in total. The number of nitrogens with one attached hydrogen (secondary N) is 1. The Morgan fingerprint density at radius 3 is 2.23 bits per heavy atom. The quantitative estimate of drug-likeness (QED) is 0.896. The number of aliphatic hydroxyl groups is 1. The van der Waals surface area contributed by atoms with Crippen molar-refractivity contribution < 1.29 is 9.90 Å². The molecule has 1 heterocycles. The first-order valence-electron chi connectivity index (χ1n) is 7.69. The Morgan fingerprint density at radius 1 is 1.27 bits per heavy atom. The highest BCUT2D eigenvalue weighted by Crippen LogP contribution is 2.29. The molecule has 0 radical (unpaired) electrons. The molecule has 0 spiro atoms. The summed E-state index contributed by atoms with van der Waals surface area (Å²) in [5, 5.41) is 12.8. The normalized spacial score (nSPS) is 15.5. The zero-order chi connectivity index (χ0) is 16.5. The van der Waals surface area contributed by atoms with Gasteiger partial charge in [0.05, 0.1) is 30.2 Å². The van der Waals surface area contributed by atoms with E-state index in [-0.39, 0.29) is 17.5 Å². The van der Waals surface area contributed by atoms with Crippen LogP contribution in [-0.2, 0) is 5.41 Å². The summed E-state index contributed by atoms with van der Waals surface area (Å²) in [6, 6.07) is 0.0120. The molecule has 2 rings (SSSR count). The predicted molar refractivity (Wildman–Crippen MR) is 85.8 cm³/mol. The molecule has 1 fully saturated rings. The SMILES string of the molecule is CC(C)(O)CN(C(=O)Nc1cnc(C(C)(C)C)nc1)C1CC1. The predicted octanol–water partition coefficient (Wildman–Crippen LogP) is 2.54. The van der Waals surface area contributed by atoms with Gasteiger partial charge in [0.1, 0.15) is 5.82 Å². The van der Waals surface area contributed by atoms with Crippen LogP contribution in [-0.4, -0.2) is 44.2 Å². The Kier molecular flexibility index (Phi) is 4.42.